The first-order valence-electron chi connectivity index (χ1n) is 10.1. The van der Waals surface area contributed by atoms with Crippen molar-refractivity contribution in [2.24, 2.45) is 5.92 Å². The van der Waals surface area contributed by atoms with Crippen LogP contribution < -0.4 is 5.32 Å². The number of nitrogens with zero attached hydrogens (tertiary/aromatic N) is 1. The number of hydrogen-bond acceptors (Lipinski definition) is 7. The van der Waals surface area contributed by atoms with Crippen LogP contribution in [0.15, 0.2) is 0 Å². The Hall–Kier alpha value is -0.440. The molecule has 0 atom stereocenters. The lowest BCUT2D eigenvalue weighted by Gasteiger charge is -2.33. The van der Waals surface area contributed by atoms with E-state index in [0.29, 0.717) is 31.6 Å². The van der Waals surface area contributed by atoms with E-state index in [1.807, 2.05) is 4.90 Å². The minimum absolute atomic E-state index is 0.225. The van der Waals surface area contributed by atoms with Crippen molar-refractivity contribution in [3.63, 3.8) is 0 Å². The number of hydrogen-bond donors (Lipinski definition) is 3. The number of thiol groups is 2. The van der Waals surface area contributed by atoms with Crippen molar-refractivity contribution in [2.75, 3.05) is 39.4 Å². The number of amides is 1. The van der Waals surface area contributed by atoms with Crippen molar-refractivity contribution >= 4 is 35.2 Å². The smallest absolute Gasteiger partial charge is 0.319 e. The Morgan fingerprint density at radius 2 is 1.74 bits per heavy atom. The summed E-state index contributed by atoms with van der Waals surface area (Å²) >= 11 is 6.44. The summed E-state index contributed by atoms with van der Waals surface area (Å²) in [5.41, 5.74) is 0. The highest BCUT2D eigenvalue weighted by Crippen LogP contribution is 2.27. The van der Waals surface area contributed by atoms with Gasteiger partial charge in [-0.3, -0.25) is 9.59 Å². The fourth-order valence-corrected chi connectivity index (χ4v) is 3.74. The maximum atomic E-state index is 12.4. The van der Waals surface area contributed by atoms with Crippen molar-refractivity contribution in [1.29, 1.82) is 0 Å². The number of ether oxygens (including phenoxy) is 2. The monoisotopic (exact) mass is 420 g/mol. The minimum Gasteiger partial charge on any atom is -0.465 e. The fourth-order valence-electron chi connectivity index (χ4n) is 3.74. The van der Waals surface area contributed by atoms with Gasteiger partial charge in [-0.05, 0) is 38.5 Å². The van der Waals surface area contributed by atoms with Crippen LogP contribution in [0.1, 0.15) is 58.3 Å². The van der Waals surface area contributed by atoms with Crippen LogP contribution in [-0.4, -0.2) is 62.3 Å². The van der Waals surface area contributed by atoms with Gasteiger partial charge >= 0.3 is 5.97 Å². The maximum absolute atomic E-state index is 12.4. The van der Waals surface area contributed by atoms with Gasteiger partial charge in [0.15, 0.2) is 0 Å². The molecule has 0 aromatic carbocycles. The van der Waals surface area contributed by atoms with E-state index < -0.39 is 0 Å². The third-order valence-electron chi connectivity index (χ3n) is 5.19. The molecule has 1 heterocycles. The van der Waals surface area contributed by atoms with Gasteiger partial charge in [0, 0.05) is 26.1 Å². The van der Waals surface area contributed by atoms with Crippen molar-refractivity contribution in [2.45, 2.75) is 64.4 Å². The molecular formula is C19H36N2O4S2. The number of likely N-dealkylation sites (tertiary alicyclic amines) is 1. The Morgan fingerprint density at radius 1 is 1.07 bits per heavy atom. The fraction of sp³-hybridized carbons (Fsp3) is 0.895. The second-order valence-electron chi connectivity index (χ2n) is 7.14. The highest BCUT2D eigenvalue weighted by Gasteiger charge is 2.25. The van der Waals surface area contributed by atoms with Gasteiger partial charge in [0.2, 0.25) is 5.91 Å². The van der Waals surface area contributed by atoms with Gasteiger partial charge in [0.1, 0.15) is 0 Å². The van der Waals surface area contributed by atoms with E-state index in [2.05, 4.69) is 28.6 Å². The second-order valence-corrected chi connectivity index (χ2v) is 7.14. The van der Waals surface area contributed by atoms with Crippen LogP contribution in [0.2, 0.25) is 0 Å². The van der Waals surface area contributed by atoms with Gasteiger partial charge in [-0.1, -0.05) is 19.3 Å². The molecule has 8 heteroatoms. The molecule has 1 saturated heterocycles. The minimum atomic E-state index is -0.229. The Bertz CT molecular complexity index is 413. The molecule has 0 unspecified atom stereocenters. The van der Waals surface area contributed by atoms with Crippen molar-refractivity contribution in [1.82, 2.24) is 10.2 Å². The SMILES string of the molecule is CCOC(=O)CNCCOC1CCN(C(=O)CC2CCCCC2)CC1.SS. The van der Waals surface area contributed by atoms with Crippen LogP contribution >= 0.6 is 23.3 Å². The normalized spacial score (nSPS) is 18.6. The number of carbonyl (C=O) groups is 2. The van der Waals surface area contributed by atoms with Crippen LogP contribution in [0.3, 0.4) is 0 Å². The van der Waals surface area contributed by atoms with Gasteiger partial charge in [0.25, 0.3) is 0 Å². The largest absolute Gasteiger partial charge is 0.465 e. The Labute approximate surface area is 174 Å². The van der Waals surface area contributed by atoms with Crippen molar-refractivity contribution in [3.8, 4) is 0 Å². The summed E-state index contributed by atoms with van der Waals surface area (Å²) in [5.74, 6) is 0.717. The van der Waals surface area contributed by atoms with E-state index in [1.165, 1.54) is 32.1 Å². The molecule has 0 aromatic heterocycles. The average Bonchev–Trinajstić information content (AvgIpc) is 2.70. The van der Waals surface area contributed by atoms with Crippen LogP contribution in [0, 0.1) is 5.92 Å². The lowest BCUT2D eigenvalue weighted by atomic mass is 9.86. The predicted molar refractivity (Wildman–Crippen MR) is 114 cm³/mol. The Morgan fingerprint density at radius 3 is 2.37 bits per heavy atom. The zero-order valence-electron chi connectivity index (χ0n) is 16.5. The average molecular weight is 421 g/mol. The van der Waals surface area contributed by atoms with Gasteiger partial charge < -0.3 is 19.7 Å². The zero-order valence-corrected chi connectivity index (χ0v) is 18.3. The summed E-state index contributed by atoms with van der Waals surface area (Å²) in [6.07, 6.45) is 9.15. The lowest BCUT2D eigenvalue weighted by Crippen LogP contribution is -2.42. The zero-order chi connectivity index (χ0) is 19.9. The van der Waals surface area contributed by atoms with E-state index in [4.69, 9.17) is 9.47 Å². The molecule has 1 amide bonds. The molecule has 1 aliphatic heterocycles. The summed E-state index contributed by atoms with van der Waals surface area (Å²) in [5, 5.41) is 3.02. The molecule has 2 fully saturated rings. The summed E-state index contributed by atoms with van der Waals surface area (Å²) in [6.45, 7) is 5.28. The first kappa shape index (κ1) is 24.6. The van der Waals surface area contributed by atoms with Gasteiger partial charge in [0.05, 0.1) is 25.9 Å². The maximum Gasteiger partial charge on any atom is 0.319 e. The second kappa shape index (κ2) is 15.5. The van der Waals surface area contributed by atoms with Crippen molar-refractivity contribution in [3.05, 3.63) is 0 Å². The quantitative estimate of drug-likeness (QED) is 0.232. The summed E-state index contributed by atoms with van der Waals surface area (Å²) < 4.78 is 10.7. The molecule has 2 rings (SSSR count). The van der Waals surface area contributed by atoms with Crippen LogP contribution in [0.5, 0.6) is 0 Å². The van der Waals surface area contributed by atoms with Crippen LogP contribution in [0.25, 0.3) is 0 Å². The molecule has 0 spiro atoms. The van der Waals surface area contributed by atoms with Gasteiger partial charge in [-0.25, -0.2) is 0 Å². The third kappa shape index (κ3) is 10.6. The van der Waals surface area contributed by atoms with E-state index in [-0.39, 0.29) is 18.6 Å². The summed E-state index contributed by atoms with van der Waals surface area (Å²) in [6, 6.07) is 0. The van der Waals surface area contributed by atoms with E-state index >= 15 is 0 Å². The number of nitrogens with one attached hydrogen (secondary N) is 1. The van der Waals surface area contributed by atoms with Crippen LogP contribution in [0.4, 0.5) is 0 Å². The number of rotatable bonds is 9. The summed E-state index contributed by atoms with van der Waals surface area (Å²) in [7, 11) is 0. The molecule has 1 N–H and O–H groups in total. The van der Waals surface area contributed by atoms with E-state index in [9.17, 15) is 9.59 Å². The lowest BCUT2D eigenvalue weighted by molar-refractivity contribution is -0.142. The highest BCUT2D eigenvalue weighted by atomic mass is 33.1. The molecular weight excluding hydrogens is 384 g/mol. The number of piperidine rings is 1. The first-order chi connectivity index (χ1) is 13.2. The van der Waals surface area contributed by atoms with E-state index in [1.54, 1.807) is 6.92 Å². The Kier molecular flexibility index (Phi) is 14.1. The highest BCUT2D eigenvalue weighted by molar-refractivity contribution is 8.59. The summed E-state index contributed by atoms with van der Waals surface area (Å²) in [4.78, 5) is 25.6. The molecule has 1 aliphatic carbocycles. The molecule has 158 valence electrons. The molecule has 0 aromatic rings. The molecule has 27 heavy (non-hydrogen) atoms. The molecule has 2 aliphatic rings. The topological polar surface area (TPSA) is 67.9 Å². The standard InChI is InChI=1S/C19H34N2O4.H2S2/c1-2-24-19(23)15-20-10-13-25-17-8-11-21(12-9-17)18(22)14-16-6-4-3-5-7-16;1-2/h16-17,20H,2-15H2,1H3;1-2H. The predicted octanol–water partition coefficient (Wildman–Crippen LogP) is 2.88. The van der Waals surface area contributed by atoms with Gasteiger partial charge in [-0.2, -0.15) is 0 Å². The van der Waals surface area contributed by atoms with Gasteiger partial charge in [-0.15, -0.1) is 23.3 Å². The molecule has 0 bridgehead atoms. The van der Waals surface area contributed by atoms with E-state index in [0.717, 1.165) is 32.4 Å². The number of esters is 1. The van der Waals surface area contributed by atoms with Crippen molar-refractivity contribution < 1.29 is 19.1 Å². The molecule has 6 nitrogen and oxygen atoms in total. The first-order valence-corrected chi connectivity index (χ1v) is 11.7. The Balaban J connectivity index is 0.00000176. The van der Waals surface area contributed by atoms with Crippen LogP contribution in [-0.2, 0) is 19.1 Å². The number of carbonyl (C=O) groups excluding carboxylic acids is 2. The third-order valence-corrected chi connectivity index (χ3v) is 5.19. The molecule has 0 radical (unpaired) electrons. The molecule has 1 saturated carbocycles.